The van der Waals surface area contributed by atoms with Crippen LogP contribution >= 0.6 is 15.9 Å². The molecule has 0 saturated heterocycles. The summed E-state index contributed by atoms with van der Waals surface area (Å²) in [5, 5.41) is 0. The van der Waals surface area contributed by atoms with Crippen LogP contribution in [0.3, 0.4) is 0 Å². The molecule has 0 spiro atoms. The average molecular weight is 315 g/mol. The average Bonchev–Trinajstić information content (AvgIpc) is 2.14. The first kappa shape index (κ1) is 14.9. The molecular formula is C14H23BrOSi. The largest absolute Gasteiger partial charge is 0.414 e. The third kappa shape index (κ3) is 5.36. The molecule has 0 unspecified atom stereocenters. The molecule has 0 aliphatic heterocycles. The van der Waals surface area contributed by atoms with Crippen LogP contribution < -0.4 is 0 Å². The summed E-state index contributed by atoms with van der Waals surface area (Å²) in [5.41, 5.74) is 1.56. The maximum absolute atomic E-state index is 6.20. The number of rotatable bonds is 4. The third-order valence-corrected chi connectivity index (χ3v) is 4.08. The fraction of sp³-hybridized carbons (Fsp3) is 0.571. The summed E-state index contributed by atoms with van der Waals surface area (Å²) in [5.74, 6) is 0. The van der Waals surface area contributed by atoms with Gasteiger partial charge in [-0.2, -0.15) is 0 Å². The Hall–Kier alpha value is -0.123. The second-order valence-electron chi connectivity index (χ2n) is 5.96. The quantitative estimate of drug-likeness (QED) is 0.716. The molecule has 0 bridgehead atoms. The van der Waals surface area contributed by atoms with Crippen LogP contribution in [0.5, 0.6) is 0 Å². The van der Waals surface area contributed by atoms with Crippen molar-refractivity contribution in [3.63, 3.8) is 0 Å². The van der Waals surface area contributed by atoms with Gasteiger partial charge in [-0.05, 0) is 36.6 Å². The van der Waals surface area contributed by atoms with Gasteiger partial charge in [-0.15, -0.1) is 0 Å². The van der Waals surface area contributed by atoms with E-state index in [-0.39, 0.29) is 11.5 Å². The molecule has 1 aromatic carbocycles. The van der Waals surface area contributed by atoms with Gasteiger partial charge in [0.25, 0.3) is 0 Å². The lowest BCUT2D eigenvalue weighted by molar-refractivity contribution is 0.146. The van der Waals surface area contributed by atoms with Crippen molar-refractivity contribution >= 4 is 25.0 Å². The van der Waals surface area contributed by atoms with Crippen molar-refractivity contribution in [1.82, 2.24) is 0 Å². The van der Waals surface area contributed by atoms with Crippen LogP contribution in [0.2, 0.25) is 13.1 Å². The fourth-order valence-electron chi connectivity index (χ4n) is 1.85. The zero-order valence-electron chi connectivity index (χ0n) is 11.5. The van der Waals surface area contributed by atoms with Crippen molar-refractivity contribution in [3.05, 3.63) is 34.3 Å². The van der Waals surface area contributed by atoms with Crippen LogP contribution in [-0.2, 0) is 4.43 Å². The van der Waals surface area contributed by atoms with E-state index in [1.54, 1.807) is 0 Å². The van der Waals surface area contributed by atoms with Gasteiger partial charge in [0.1, 0.15) is 0 Å². The van der Waals surface area contributed by atoms with E-state index in [0.717, 1.165) is 10.9 Å². The molecule has 1 atom stereocenters. The van der Waals surface area contributed by atoms with E-state index in [1.807, 2.05) is 0 Å². The highest BCUT2D eigenvalue weighted by Crippen LogP contribution is 2.35. The SMILES string of the molecule is C[SiH](C)O[C@@H](CC(C)(C)C)c1ccccc1Br. The number of benzene rings is 1. The molecular weight excluding hydrogens is 292 g/mol. The first-order valence-electron chi connectivity index (χ1n) is 6.19. The van der Waals surface area contributed by atoms with Gasteiger partial charge >= 0.3 is 0 Å². The second-order valence-corrected chi connectivity index (χ2v) is 9.18. The van der Waals surface area contributed by atoms with Gasteiger partial charge in [-0.3, -0.25) is 0 Å². The Morgan fingerprint density at radius 1 is 1.24 bits per heavy atom. The number of hydrogen-bond acceptors (Lipinski definition) is 1. The lowest BCUT2D eigenvalue weighted by atomic mass is 9.87. The van der Waals surface area contributed by atoms with E-state index >= 15 is 0 Å². The minimum Gasteiger partial charge on any atom is -0.414 e. The Morgan fingerprint density at radius 2 is 1.82 bits per heavy atom. The Labute approximate surface area is 115 Å². The molecule has 0 aliphatic carbocycles. The third-order valence-electron chi connectivity index (χ3n) is 2.49. The molecule has 0 saturated carbocycles. The lowest BCUT2D eigenvalue weighted by Crippen LogP contribution is -2.20. The van der Waals surface area contributed by atoms with Crippen LogP contribution in [-0.4, -0.2) is 9.04 Å². The van der Waals surface area contributed by atoms with Gasteiger partial charge in [0, 0.05) is 4.47 Å². The Bertz CT molecular complexity index is 357. The minimum absolute atomic E-state index is 0.220. The topological polar surface area (TPSA) is 9.23 Å². The molecule has 96 valence electrons. The molecule has 0 aromatic heterocycles. The molecule has 0 fully saturated rings. The summed E-state index contributed by atoms with van der Waals surface area (Å²) >= 11 is 3.63. The Kier molecular flexibility index (Phi) is 5.42. The molecule has 3 heteroatoms. The highest BCUT2D eigenvalue weighted by atomic mass is 79.9. The van der Waals surface area contributed by atoms with Crippen LogP contribution in [0.25, 0.3) is 0 Å². The molecule has 1 nitrogen and oxygen atoms in total. The summed E-state index contributed by atoms with van der Waals surface area (Å²) in [6, 6.07) is 8.39. The van der Waals surface area contributed by atoms with Crippen molar-refractivity contribution in [2.24, 2.45) is 5.41 Å². The fourth-order valence-corrected chi connectivity index (χ4v) is 3.29. The first-order valence-corrected chi connectivity index (χ1v) is 9.77. The minimum atomic E-state index is -1.03. The van der Waals surface area contributed by atoms with Gasteiger partial charge in [0.2, 0.25) is 0 Å². The van der Waals surface area contributed by atoms with Gasteiger partial charge < -0.3 is 4.43 Å². The predicted molar refractivity (Wildman–Crippen MR) is 80.9 cm³/mol. The standard InChI is InChI=1S/C14H23BrOSi/c1-14(2,3)10-13(16-17(4)5)11-8-6-7-9-12(11)15/h6-9,13,17H,10H2,1-5H3/t13-/m0/s1. The molecule has 1 rings (SSSR count). The predicted octanol–water partition coefficient (Wildman–Crippen LogP) is 4.93. The maximum Gasteiger partial charge on any atom is 0.171 e. The molecule has 1 aromatic rings. The van der Waals surface area contributed by atoms with Crippen molar-refractivity contribution in [2.75, 3.05) is 0 Å². The zero-order chi connectivity index (χ0) is 13.1. The van der Waals surface area contributed by atoms with E-state index < -0.39 is 9.04 Å². The molecule has 0 aliphatic rings. The highest BCUT2D eigenvalue weighted by molar-refractivity contribution is 9.10. The van der Waals surface area contributed by atoms with E-state index in [9.17, 15) is 0 Å². The molecule has 0 heterocycles. The van der Waals surface area contributed by atoms with E-state index in [2.05, 4.69) is 74.1 Å². The summed E-state index contributed by atoms with van der Waals surface area (Å²) in [6.45, 7) is 11.3. The summed E-state index contributed by atoms with van der Waals surface area (Å²) < 4.78 is 7.36. The van der Waals surface area contributed by atoms with Gasteiger partial charge in [0.15, 0.2) is 9.04 Å². The monoisotopic (exact) mass is 314 g/mol. The molecule has 0 radical (unpaired) electrons. The number of hydrogen-bond donors (Lipinski definition) is 0. The normalized spacial score (nSPS) is 14.1. The van der Waals surface area contributed by atoms with Crippen LogP contribution in [0.1, 0.15) is 38.9 Å². The Balaban J connectivity index is 2.94. The van der Waals surface area contributed by atoms with Crippen molar-refractivity contribution in [2.45, 2.75) is 46.4 Å². The zero-order valence-corrected chi connectivity index (χ0v) is 14.2. The summed E-state index contributed by atoms with van der Waals surface area (Å²) in [6.07, 6.45) is 1.28. The van der Waals surface area contributed by atoms with Crippen LogP contribution in [0, 0.1) is 5.41 Å². The van der Waals surface area contributed by atoms with Gasteiger partial charge in [0.05, 0.1) is 6.10 Å². The van der Waals surface area contributed by atoms with Crippen molar-refractivity contribution in [3.8, 4) is 0 Å². The van der Waals surface area contributed by atoms with Crippen molar-refractivity contribution < 1.29 is 4.43 Å². The summed E-state index contributed by atoms with van der Waals surface area (Å²) in [7, 11) is -1.03. The lowest BCUT2D eigenvalue weighted by Gasteiger charge is -2.28. The van der Waals surface area contributed by atoms with Crippen molar-refractivity contribution in [1.29, 1.82) is 0 Å². The smallest absolute Gasteiger partial charge is 0.171 e. The number of halogens is 1. The van der Waals surface area contributed by atoms with Gasteiger partial charge in [-0.1, -0.05) is 54.9 Å². The van der Waals surface area contributed by atoms with E-state index in [1.165, 1.54) is 5.56 Å². The van der Waals surface area contributed by atoms with Crippen LogP contribution in [0.15, 0.2) is 28.7 Å². The highest BCUT2D eigenvalue weighted by Gasteiger charge is 2.23. The van der Waals surface area contributed by atoms with E-state index in [4.69, 9.17) is 4.43 Å². The first-order chi connectivity index (χ1) is 7.79. The summed E-state index contributed by atoms with van der Waals surface area (Å²) in [4.78, 5) is 0. The van der Waals surface area contributed by atoms with Crippen LogP contribution in [0.4, 0.5) is 0 Å². The molecule has 0 amide bonds. The molecule has 17 heavy (non-hydrogen) atoms. The second kappa shape index (κ2) is 6.16. The molecule has 0 N–H and O–H groups in total. The Morgan fingerprint density at radius 3 is 2.29 bits per heavy atom. The van der Waals surface area contributed by atoms with E-state index in [0.29, 0.717) is 0 Å². The van der Waals surface area contributed by atoms with Gasteiger partial charge in [-0.25, -0.2) is 0 Å². The maximum atomic E-state index is 6.20.